The number of para-hydroxylation sites is 8. The molecule has 0 spiro atoms. The third-order valence-corrected chi connectivity index (χ3v) is 17.6. The summed E-state index contributed by atoms with van der Waals surface area (Å²) in [5.41, 5.74) is 1.45. The predicted octanol–water partition coefficient (Wildman–Crippen LogP) is 32.8. The van der Waals surface area contributed by atoms with Crippen molar-refractivity contribution in [1.29, 1.82) is 0 Å². The van der Waals surface area contributed by atoms with E-state index < -0.39 is 36.7 Å². The Labute approximate surface area is 685 Å². The van der Waals surface area contributed by atoms with Gasteiger partial charge in [0.05, 0.1) is 0 Å². The maximum atomic E-state index is 13.8. The second kappa shape index (κ2) is 70.1. The standard InChI is InChI=1S/C39H34O8P2.2C13H13O4P.C6H6.8C2H6.6CH4/c1-39(2,31-23-27-37(28-24-31)46-48(40,42-33-15-7-3-8-16-33)43-34-17-9-4-10-18-34)32-25-29-38(30-26-32)47-49(41,44-35-19-11-5-12-20-35)45-36-21-13-6-14-22-36;2*1-15-18(14,16-12-8-4-2-5-9-12)17-13-10-6-3-7-11-13;1-2-4-6-5-3-1;8*1-2;;;;;;/h3-30H,1-2H3;2*2-11H,1H3;1-6H;8*1-2H3;6*1H4. The number of phosphoric acid groups is 4. The Hall–Kier alpha value is -9.74. The van der Waals surface area contributed by atoms with Crippen LogP contribution in [-0.2, 0) is 32.7 Å². The molecule has 11 rings (SSSR count). The van der Waals surface area contributed by atoms with Crippen molar-refractivity contribution in [1.82, 2.24) is 0 Å². The van der Waals surface area contributed by atoms with Gasteiger partial charge in [0.1, 0.15) is 57.5 Å². The van der Waals surface area contributed by atoms with Crippen molar-refractivity contribution < 1.29 is 72.5 Å². The zero-order chi connectivity index (χ0) is 80.1. The van der Waals surface area contributed by atoms with Crippen molar-refractivity contribution >= 4 is 31.3 Å². The van der Waals surface area contributed by atoms with Crippen LogP contribution in [0.2, 0.25) is 0 Å². The van der Waals surface area contributed by atoms with Crippen molar-refractivity contribution in [3.8, 4) is 57.5 Å². The van der Waals surface area contributed by atoms with Crippen molar-refractivity contribution in [2.45, 2.75) is 175 Å². The van der Waals surface area contributed by atoms with E-state index >= 15 is 0 Å². The molecule has 0 radical (unpaired) electrons. The van der Waals surface area contributed by atoms with Crippen LogP contribution < -0.4 is 45.2 Å². The summed E-state index contributed by atoms with van der Waals surface area (Å²) < 4.78 is 118. The molecule has 0 unspecified atom stereocenters. The molecular weight excluding hydrogens is 1500 g/mol. The largest absolute Gasteiger partial charge is 0.647 e. The highest BCUT2D eigenvalue weighted by Crippen LogP contribution is 2.53. The third-order valence-electron chi connectivity index (χ3n) is 12.4. The quantitative estimate of drug-likeness (QED) is 0.0521. The molecule has 0 bridgehead atoms. The van der Waals surface area contributed by atoms with Gasteiger partial charge in [-0.25, -0.2) is 9.13 Å². The Morgan fingerprint density at radius 3 is 0.407 bits per heavy atom. The van der Waals surface area contributed by atoms with E-state index in [0.29, 0.717) is 57.5 Å². The molecule has 11 aromatic carbocycles. The molecule has 0 fully saturated rings. The van der Waals surface area contributed by atoms with Gasteiger partial charge in [-0.2, -0.15) is 9.13 Å². The Kier molecular flexibility index (Phi) is 72.3. The number of phosphoric ester groups is 4. The smallest absolute Gasteiger partial charge is 0.395 e. The number of rotatable bonds is 24. The molecule has 0 aromatic heterocycles. The van der Waals surface area contributed by atoms with Crippen molar-refractivity contribution in [3.05, 3.63) is 339 Å². The first-order valence-electron chi connectivity index (χ1n) is 36.2. The zero-order valence-corrected chi connectivity index (χ0v) is 69.6. The molecule has 0 heterocycles. The first kappa shape index (κ1) is 117. The van der Waals surface area contributed by atoms with Gasteiger partial charge in [-0.05, 0) is 132 Å². The fraction of sp³-hybridized carbons (Fsp3) is 0.290. The van der Waals surface area contributed by atoms with Gasteiger partial charge in [0.25, 0.3) is 0 Å². The van der Waals surface area contributed by atoms with Gasteiger partial charge in [-0.15, -0.1) is 0 Å². The van der Waals surface area contributed by atoms with Crippen molar-refractivity contribution in [2.24, 2.45) is 0 Å². The van der Waals surface area contributed by atoms with Gasteiger partial charge in [0.2, 0.25) is 0 Å². The molecule has 0 saturated carbocycles. The van der Waals surface area contributed by atoms with Gasteiger partial charge in [0, 0.05) is 19.6 Å². The highest BCUT2D eigenvalue weighted by molar-refractivity contribution is 7.50. The summed E-state index contributed by atoms with van der Waals surface area (Å²) in [6.07, 6.45) is 0. The number of benzene rings is 11. The van der Waals surface area contributed by atoms with Crippen molar-refractivity contribution in [2.75, 3.05) is 14.2 Å². The lowest BCUT2D eigenvalue weighted by Crippen LogP contribution is -2.18. The lowest BCUT2D eigenvalue weighted by Gasteiger charge is -2.27. The summed E-state index contributed by atoms with van der Waals surface area (Å²) in [6.45, 7) is 36.1. The average molecular weight is 1640 g/mol. The van der Waals surface area contributed by atoms with Crippen LogP contribution in [0.1, 0.15) is 180 Å². The summed E-state index contributed by atoms with van der Waals surface area (Å²) in [5, 5.41) is 0. The van der Waals surface area contributed by atoms with Gasteiger partial charge in [0.15, 0.2) is 0 Å². The predicted molar refractivity (Wildman–Crippen MR) is 485 cm³/mol. The van der Waals surface area contributed by atoms with E-state index in [1.807, 2.05) is 220 Å². The normalized spacial score (nSPS) is 9.38. The molecular formula is C93H138O16P4. The molecule has 0 atom stereocenters. The monoisotopic (exact) mass is 1630 g/mol. The first-order chi connectivity index (χ1) is 52.1. The molecule has 16 nitrogen and oxygen atoms in total. The van der Waals surface area contributed by atoms with Crippen LogP contribution >= 0.6 is 31.3 Å². The van der Waals surface area contributed by atoms with E-state index in [2.05, 4.69) is 13.8 Å². The second-order valence-corrected chi connectivity index (χ2v) is 25.5. The van der Waals surface area contributed by atoms with E-state index in [1.165, 1.54) is 14.2 Å². The number of hydrogen-bond donors (Lipinski definition) is 0. The van der Waals surface area contributed by atoms with Gasteiger partial charge >= 0.3 is 31.3 Å². The van der Waals surface area contributed by atoms with Crippen LogP contribution in [0.3, 0.4) is 0 Å². The summed E-state index contributed by atoms with van der Waals surface area (Å²) in [6, 6.07) is 96.4. The maximum absolute atomic E-state index is 13.8. The highest BCUT2D eigenvalue weighted by Gasteiger charge is 2.36. The Morgan fingerprint density at radius 2 is 0.283 bits per heavy atom. The van der Waals surface area contributed by atoms with E-state index in [9.17, 15) is 18.3 Å². The molecule has 11 aromatic rings. The molecule has 0 saturated heterocycles. The topological polar surface area (TPSA) is 179 Å². The van der Waals surface area contributed by atoms with Crippen LogP contribution in [0.15, 0.2) is 328 Å². The van der Waals surface area contributed by atoms with Crippen LogP contribution in [0.5, 0.6) is 57.5 Å². The van der Waals surface area contributed by atoms with Gasteiger partial charge < -0.3 is 45.2 Å². The first-order valence-corrected chi connectivity index (χ1v) is 42.0. The van der Waals surface area contributed by atoms with Crippen molar-refractivity contribution in [3.63, 3.8) is 0 Å². The van der Waals surface area contributed by atoms with E-state index in [4.69, 9.17) is 54.3 Å². The van der Waals surface area contributed by atoms with E-state index in [0.717, 1.165) is 11.1 Å². The fourth-order valence-electron chi connectivity index (χ4n) is 7.86. The van der Waals surface area contributed by atoms with Gasteiger partial charge in [-0.3, -0.25) is 9.05 Å². The van der Waals surface area contributed by atoms with Crippen LogP contribution in [-0.4, -0.2) is 14.2 Å². The maximum Gasteiger partial charge on any atom is 0.647 e. The lowest BCUT2D eigenvalue weighted by molar-refractivity contribution is 0.248. The highest BCUT2D eigenvalue weighted by atomic mass is 31.2. The Balaban J connectivity index is -0.000000291. The zero-order valence-electron chi connectivity index (χ0n) is 66.0. The Bertz CT molecular complexity index is 3590. The van der Waals surface area contributed by atoms with E-state index in [1.54, 1.807) is 218 Å². The summed E-state index contributed by atoms with van der Waals surface area (Å²) in [5.74, 6) is 3.73. The summed E-state index contributed by atoms with van der Waals surface area (Å²) in [7, 11) is -13.0. The summed E-state index contributed by atoms with van der Waals surface area (Å²) >= 11 is 0. The summed E-state index contributed by atoms with van der Waals surface area (Å²) in [4.78, 5) is 0. The van der Waals surface area contributed by atoms with Crippen LogP contribution in [0, 0.1) is 0 Å². The molecule has 626 valence electrons. The molecule has 0 aliphatic rings. The van der Waals surface area contributed by atoms with Crippen LogP contribution in [0.4, 0.5) is 0 Å². The molecule has 0 N–H and O–H groups in total. The number of hydrogen-bond acceptors (Lipinski definition) is 16. The van der Waals surface area contributed by atoms with Gasteiger partial charge in [-0.1, -0.05) is 375 Å². The van der Waals surface area contributed by atoms with E-state index in [-0.39, 0.29) is 44.6 Å². The fourth-order valence-corrected chi connectivity index (χ4v) is 12.3. The SMILES string of the molecule is C.C.C.C.C.C.CC.CC.CC.CC.CC.CC.CC.CC.CC(C)(c1ccc(OP(=O)(Oc2ccccc2)Oc2ccccc2)cc1)c1ccc(OP(=O)(Oc2ccccc2)Oc2ccccc2)cc1.COP(=O)(Oc1ccccc1)Oc1ccccc1.COP(=O)(Oc1ccccc1)Oc1ccccc1.c1ccccc1. The minimum absolute atomic E-state index is 0. The second-order valence-electron chi connectivity index (χ2n) is 19.4. The molecule has 0 aliphatic heterocycles. The average Bonchev–Trinajstić information content (AvgIpc) is 0.794. The minimum atomic E-state index is -4.12. The molecule has 0 aliphatic carbocycles. The molecule has 113 heavy (non-hydrogen) atoms. The Morgan fingerprint density at radius 1 is 0.177 bits per heavy atom. The third kappa shape index (κ3) is 46.8. The minimum Gasteiger partial charge on any atom is -0.395 e. The molecule has 0 amide bonds. The lowest BCUT2D eigenvalue weighted by atomic mass is 9.78. The van der Waals surface area contributed by atoms with Crippen LogP contribution in [0.25, 0.3) is 0 Å². The molecule has 20 heteroatoms.